The molecule has 186 valence electrons. The van der Waals surface area contributed by atoms with Gasteiger partial charge in [-0.3, -0.25) is 9.10 Å². The summed E-state index contributed by atoms with van der Waals surface area (Å²) in [4.78, 5) is 12.5. The third-order valence-electron chi connectivity index (χ3n) is 5.10. The van der Waals surface area contributed by atoms with Gasteiger partial charge in [-0.25, -0.2) is 16.8 Å². The Kier molecular flexibility index (Phi) is 8.52. The number of morpholine rings is 1. The fourth-order valence-electron chi connectivity index (χ4n) is 3.37. The van der Waals surface area contributed by atoms with Gasteiger partial charge in [0.05, 0.1) is 36.6 Å². The van der Waals surface area contributed by atoms with Crippen molar-refractivity contribution < 1.29 is 31.1 Å². The zero-order chi connectivity index (χ0) is 24.8. The van der Waals surface area contributed by atoms with E-state index in [0.29, 0.717) is 37.7 Å². The maximum atomic E-state index is 12.6. The van der Waals surface area contributed by atoms with Gasteiger partial charge in [0.1, 0.15) is 18.9 Å². The lowest BCUT2D eigenvalue weighted by molar-refractivity contribution is -0.119. The summed E-state index contributed by atoms with van der Waals surface area (Å²) >= 11 is 0. The van der Waals surface area contributed by atoms with E-state index in [1.165, 1.54) is 16.4 Å². The molecule has 0 saturated carbocycles. The number of anilines is 1. The van der Waals surface area contributed by atoms with E-state index < -0.39 is 26.0 Å². The minimum atomic E-state index is -3.65. The number of carbonyl (C=O) groups excluding carboxylic acids is 1. The monoisotopic (exact) mass is 511 g/mol. The summed E-state index contributed by atoms with van der Waals surface area (Å²) < 4.78 is 62.8. The number of amides is 1. The Morgan fingerprint density at radius 1 is 1.09 bits per heavy atom. The Balaban J connectivity index is 1.49. The average molecular weight is 512 g/mol. The number of sulfonamides is 2. The van der Waals surface area contributed by atoms with Gasteiger partial charge in [0.2, 0.25) is 26.0 Å². The highest BCUT2D eigenvalue weighted by atomic mass is 32.2. The van der Waals surface area contributed by atoms with Gasteiger partial charge >= 0.3 is 0 Å². The zero-order valence-corrected chi connectivity index (χ0v) is 20.8. The number of hydrogen-bond donors (Lipinski definition) is 1. The van der Waals surface area contributed by atoms with Crippen LogP contribution in [0.1, 0.15) is 5.56 Å². The highest BCUT2D eigenvalue weighted by Gasteiger charge is 2.26. The van der Waals surface area contributed by atoms with E-state index in [2.05, 4.69) is 5.32 Å². The Morgan fingerprint density at radius 3 is 2.38 bits per heavy atom. The number of carbonyl (C=O) groups is 1. The molecular weight excluding hydrogens is 482 g/mol. The molecule has 1 heterocycles. The molecule has 0 bridgehead atoms. The van der Waals surface area contributed by atoms with Crippen molar-refractivity contribution in [2.24, 2.45) is 0 Å². The number of ether oxygens (including phenoxy) is 2. The molecule has 1 aliphatic rings. The summed E-state index contributed by atoms with van der Waals surface area (Å²) in [5.41, 5.74) is 1.30. The molecule has 0 aromatic heterocycles. The van der Waals surface area contributed by atoms with Crippen molar-refractivity contribution >= 4 is 31.6 Å². The van der Waals surface area contributed by atoms with Crippen molar-refractivity contribution in [1.82, 2.24) is 9.62 Å². The van der Waals surface area contributed by atoms with Gasteiger partial charge in [-0.2, -0.15) is 4.31 Å². The van der Waals surface area contributed by atoms with E-state index in [1.807, 2.05) is 13.0 Å². The van der Waals surface area contributed by atoms with E-state index >= 15 is 0 Å². The minimum absolute atomic E-state index is 0.130. The van der Waals surface area contributed by atoms with Gasteiger partial charge in [0.15, 0.2) is 0 Å². The second-order valence-electron chi connectivity index (χ2n) is 7.79. The molecule has 0 atom stereocenters. The molecule has 10 nitrogen and oxygen atoms in total. The third-order valence-corrected chi connectivity index (χ3v) is 8.16. The van der Waals surface area contributed by atoms with Crippen molar-refractivity contribution in [3.63, 3.8) is 0 Å². The molecule has 0 unspecified atom stereocenters. The van der Waals surface area contributed by atoms with Crippen molar-refractivity contribution in [2.45, 2.75) is 11.8 Å². The average Bonchev–Trinajstić information content (AvgIpc) is 2.80. The van der Waals surface area contributed by atoms with Crippen molar-refractivity contribution in [3.05, 3.63) is 54.1 Å². The van der Waals surface area contributed by atoms with Crippen LogP contribution >= 0.6 is 0 Å². The number of benzene rings is 2. The van der Waals surface area contributed by atoms with Crippen LogP contribution in [0.3, 0.4) is 0 Å². The smallest absolute Gasteiger partial charge is 0.243 e. The molecule has 12 heteroatoms. The Hall–Kier alpha value is -2.67. The van der Waals surface area contributed by atoms with E-state index in [-0.39, 0.29) is 24.6 Å². The van der Waals surface area contributed by atoms with Gasteiger partial charge in [0.25, 0.3) is 0 Å². The summed E-state index contributed by atoms with van der Waals surface area (Å²) in [6.45, 7) is 3.16. The molecule has 3 rings (SSSR count). The molecule has 1 saturated heterocycles. The first-order valence-corrected chi connectivity index (χ1v) is 14.0. The van der Waals surface area contributed by atoms with E-state index in [0.717, 1.165) is 16.1 Å². The molecule has 34 heavy (non-hydrogen) atoms. The standard InChI is InChI=1S/C22H29N3O7S2/c1-18-4-3-5-19(16-18)25(33(2,27)28)17-22(26)23-10-13-32-20-6-8-21(9-7-20)34(29,30)24-11-14-31-15-12-24/h3-9,16H,10-15,17H2,1-2H3,(H,23,26). The molecule has 0 aliphatic carbocycles. The van der Waals surface area contributed by atoms with Crippen molar-refractivity contribution in [1.29, 1.82) is 0 Å². The molecule has 2 aromatic carbocycles. The predicted octanol–water partition coefficient (Wildman–Crippen LogP) is 0.977. The Morgan fingerprint density at radius 2 is 1.76 bits per heavy atom. The fraction of sp³-hybridized carbons (Fsp3) is 0.409. The zero-order valence-electron chi connectivity index (χ0n) is 19.1. The van der Waals surface area contributed by atoms with Gasteiger partial charge in [0, 0.05) is 13.1 Å². The van der Waals surface area contributed by atoms with Crippen LogP contribution in [-0.2, 0) is 29.6 Å². The summed E-state index contributed by atoms with van der Waals surface area (Å²) in [6, 6.07) is 13.0. The highest BCUT2D eigenvalue weighted by Crippen LogP contribution is 2.21. The number of rotatable bonds is 10. The van der Waals surface area contributed by atoms with Gasteiger partial charge in [-0.1, -0.05) is 12.1 Å². The number of hydrogen-bond acceptors (Lipinski definition) is 7. The molecule has 0 spiro atoms. The fourth-order valence-corrected chi connectivity index (χ4v) is 5.63. The predicted molar refractivity (Wildman–Crippen MR) is 128 cm³/mol. The van der Waals surface area contributed by atoms with E-state index in [1.54, 1.807) is 30.3 Å². The summed E-state index contributed by atoms with van der Waals surface area (Å²) in [7, 11) is -7.22. The van der Waals surface area contributed by atoms with Gasteiger partial charge in [-0.05, 0) is 48.9 Å². The third kappa shape index (κ3) is 6.92. The Labute approximate surface area is 200 Å². The van der Waals surface area contributed by atoms with Crippen LogP contribution < -0.4 is 14.4 Å². The maximum Gasteiger partial charge on any atom is 0.243 e. The van der Waals surface area contributed by atoms with Gasteiger partial charge < -0.3 is 14.8 Å². The first-order chi connectivity index (χ1) is 16.1. The number of nitrogens with one attached hydrogen (secondary N) is 1. The van der Waals surface area contributed by atoms with Gasteiger partial charge in [-0.15, -0.1) is 0 Å². The highest BCUT2D eigenvalue weighted by molar-refractivity contribution is 7.92. The number of nitrogens with zero attached hydrogens (tertiary/aromatic N) is 2. The van der Waals surface area contributed by atoms with Crippen LogP contribution in [0.25, 0.3) is 0 Å². The normalized spacial score (nSPS) is 15.0. The van der Waals surface area contributed by atoms with Crippen LogP contribution in [0.2, 0.25) is 0 Å². The maximum absolute atomic E-state index is 12.6. The Bertz CT molecular complexity index is 1190. The summed E-state index contributed by atoms with van der Waals surface area (Å²) in [5.74, 6) is -0.0183. The lowest BCUT2D eigenvalue weighted by Crippen LogP contribution is -2.41. The van der Waals surface area contributed by atoms with Crippen molar-refractivity contribution in [3.8, 4) is 5.75 Å². The van der Waals surface area contributed by atoms with Crippen LogP contribution in [0.15, 0.2) is 53.4 Å². The van der Waals surface area contributed by atoms with Crippen LogP contribution in [0.4, 0.5) is 5.69 Å². The van der Waals surface area contributed by atoms with E-state index in [4.69, 9.17) is 9.47 Å². The van der Waals surface area contributed by atoms with Crippen LogP contribution in [-0.4, -0.2) is 79.3 Å². The number of aryl methyl sites for hydroxylation is 1. The first-order valence-electron chi connectivity index (χ1n) is 10.7. The van der Waals surface area contributed by atoms with Crippen LogP contribution in [0.5, 0.6) is 5.75 Å². The molecule has 1 fully saturated rings. The SMILES string of the molecule is Cc1cccc(N(CC(=O)NCCOc2ccc(S(=O)(=O)N3CCOCC3)cc2)S(C)(=O)=O)c1. The second kappa shape index (κ2) is 11.2. The molecule has 2 aromatic rings. The topological polar surface area (TPSA) is 122 Å². The lowest BCUT2D eigenvalue weighted by Gasteiger charge is -2.26. The molecular formula is C22H29N3O7S2. The first kappa shape index (κ1) is 25.9. The molecule has 0 radical (unpaired) electrons. The van der Waals surface area contributed by atoms with Crippen LogP contribution in [0, 0.1) is 6.92 Å². The summed E-state index contributed by atoms with van der Waals surface area (Å²) in [6.07, 6.45) is 1.05. The lowest BCUT2D eigenvalue weighted by atomic mass is 10.2. The molecule has 1 N–H and O–H groups in total. The largest absolute Gasteiger partial charge is 0.492 e. The molecule has 1 amide bonds. The second-order valence-corrected chi connectivity index (χ2v) is 11.6. The van der Waals surface area contributed by atoms with Crippen molar-refractivity contribution in [2.75, 3.05) is 56.6 Å². The summed E-state index contributed by atoms with van der Waals surface area (Å²) in [5, 5.41) is 2.63. The quantitative estimate of drug-likeness (QED) is 0.472. The minimum Gasteiger partial charge on any atom is -0.492 e. The molecule has 1 aliphatic heterocycles. The van der Waals surface area contributed by atoms with E-state index in [9.17, 15) is 21.6 Å².